The van der Waals surface area contributed by atoms with Gasteiger partial charge in [0.25, 0.3) is 0 Å². The molecular weight excluding hydrogens is 266 g/mol. The summed E-state index contributed by atoms with van der Waals surface area (Å²) in [6.45, 7) is 0.715. The number of benzene rings is 2. The van der Waals surface area contributed by atoms with Crippen molar-refractivity contribution < 1.29 is 14.3 Å². The number of ether oxygens (including phenoxy) is 2. The molecule has 0 aliphatic heterocycles. The quantitative estimate of drug-likeness (QED) is 0.829. The third-order valence-corrected chi connectivity index (χ3v) is 3.16. The van der Waals surface area contributed by atoms with Crippen molar-refractivity contribution in [2.45, 2.75) is 13.0 Å². The van der Waals surface area contributed by atoms with E-state index in [-0.39, 0.29) is 12.6 Å². The third kappa shape index (κ3) is 4.07. The zero-order valence-corrected chi connectivity index (χ0v) is 12.0. The summed E-state index contributed by atoms with van der Waals surface area (Å²) in [5, 5.41) is 0. The van der Waals surface area contributed by atoms with Crippen molar-refractivity contribution in [2.75, 3.05) is 13.7 Å². The van der Waals surface area contributed by atoms with Gasteiger partial charge in [0.1, 0.15) is 12.4 Å². The molecule has 0 heterocycles. The molecule has 2 aromatic rings. The van der Waals surface area contributed by atoms with Crippen LogP contribution in [0.25, 0.3) is 0 Å². The van der Waals surface area contributed by atoms with Crippen LogP contribution in [0.3, 0.4) is 0 Å². The van der Waals surface area contributed by atoms with Crippen molar-refractivity contribution in [3.8, 4) is 5.75 Å². The highest BCUT2D eigenvalue weighted by Crippen LogP contribution is 2.15. The molecule has 110 valence electrons. The van der Waals surface area contributed by atoms with Gasteiger partial charge in [-0.15, -0.1) is 0 Å². The predicted octanol–water partition coefficient (Wildman–Crippen LogP) is 2.55. The van der Waals surface area contributed by atoms with Crippen molar-refractivity contribution in [1.29, 1.82) is 0 Å². The number of hydrogen-bond acceptors (Lipinski definition) is 4. The molecule has 0 saturated carbocycles. The zero-order chi connectivity index (χ0) is 15.1. The van der Waals surface area contributed by atoms with E-state index in [2.05, 4.69) is 0 Å². The average Bonchev–Trinajstić information content (AvgIpc) is 2.53. The van der Waals surface area contributed by atoms with E-state index in [0.717, 1.165) is 16.9 Å². The molecule has 0 aliphatic carbocycles. The molecule has 0 atom stereocenters. The van der Waals surface area contributed by atoms with E-state index in [1.54, 1.807) is 13.2 Å². The Morgan fingerprint density at radius 1 is 1.14 bits per heavy atom. The van der Waals surface area contributed by atoms with Crippen LogP contribution in [-0.2, 0) is 17.8 Å². The molecule has 2 N–H and O–H groups in total. The number of hydrogen-bond donors (Lipinski definition) is 1. The second kappa shape index (κ2) is 7.45. The lowest BCUT2D eigenvalue weighted by Gasteiger charge is -2.09. The molecule has 0 radical (unpaired) electrons. The molecule has 0 aromatic heterocycles. The van der Waals surface area contributed by atoms with E-state index < -0.39 is 0 Å². The number of nitrogens with two attached hydrogens (primary N) is 1. The molecular formula is C17H19NO3. The smallest absolute Gasteiger partial charge is 0.338 e. The Morgan fingerprint density at radius 3 is 2.71 bits per heavy atom. The zero-order valence-electron chi connectivity index (χ0n) is 12.0. The van der Waals surface area contributed by atoms with Crippen LogP contribution in [-0.4, -0.2) is 19.6 Å². The lowest BCUT2D eigenvalue weighted by Crippen LogP contribution is -2.11. The summed E-state index contributed by atoms with van der Waals surface area (Å²) in [4.78, 5) is 12.2. The highest BCUT2D eigenvalue weighted by atomic mass is 16.5. The molecule has 0 aliphatic rings. The number of carbonyl (C=O) groups excluding carboxylic acids is 1. The fraction of sp³-hybridized carbons (Fsp3) is 0.235. The van der Waals surface area contributed by atoms with Crippen molar-refractivity contribution in [1.82, 2.24) is 0 Å². The van der Waals surface area contributed by atoms with E-state index in [4.69, 9.17) is 15.2 Å². The largest absolute Gasteiger partial charge is 0.497 e. The van der Waals surface area contributed by atoms with Gasteiger partial charge in [0.15, 0.2) is 0 Å². The molecule has 2 aromatic carbocycles. The molecule has 0 fully saturated rings. The third-order valence-electron chi connectivity index (χ3n) is 3.16. The van der Waals surface area contributed by atoms with E-state index in [1.807, 2.05) is 42.5 Å². The van der Waals surface area contributed by atoms with Crippen LogP contribution in [0.2, 0.25) is 0 Å². The lowest BCUT2D eigenvalue weighted by atomic mass is 10.0. The van der Waals surface area contributed by atoms with Gasteiger partial charge in [-0.25, -0.2) is 4.79 Å². The summed E-state index contributed by atoms with van der Waals surface area (Å²) in [7, 11) is 1.61. The van der Waals surface area contributed by atoms with E-state index in [0.29, 0.717) is 18.5 Å². The van der Waals surface area contributed by atoms with Gasteiger partial charge in [0, 0.05) is 0 Å². The minimum absolute atomic E-state index is 0.215. The Bertz CT molecular complexity index is 610. The molecule has 0 amide bonds. The van der Waals surface area contributed by atoms with Crippen LogP contribution in [0.5, 0.6) is 5.75 Å². The maximum absolute atomic E-state index is 12.2. The van der Waals surface area contributed by atoms with Crippen LogP contribution in [0, 0.1) is 0 Å². The Hall–Kier alpha value is -2.33. The number of rotatable bonds is 6. The van der Waals surface area contributed by atoms with Crippen LogP contribution in [0.4, 0.5) is 0 Å². The Labute approximate surface area is 124 Å². The SMILES string of the molecule is COc1cccc(COC(=O)c2ccccc2CCN)c1. The van der Waals surface area contributed by atoms with Gasteiger partial charge in [0.05, 0.1) is 12.7 Å². The van der Waals surface area contributed by atoms with E-state index in [9.17, 15) is 4.79 Å². The molecule has 2 rings (SSSR count). The van der Waals surface area contributed by atoms with Gasteiger partial charge < -0.3 is 15.2 Å². The molecule has 21 heavy (non-hydrogen) atoms. The van der Waals surface area contributed by atoms with Gasteiger partial charge in [-0.1, -0.05) is 30.3 Å². The second-order valence-corrected chi connectivity index (χ2v) is 4.62. The Kier molecular flexibility index (Phi) is 5.35. The standard InChI is InChI=1S/C17H19NO3/c1-20-15-7-4-5-13(11-15)12-21-17(19)16-8-3-2-6-14(16)9-10-18/h2-8,11H,9-10,12,18H2,1H3. The first kappa shape index (κ1) is 15.1. The Balaban J connectivity index is 2.04. The molecule has 0 unspecified atom stereocenters. The monoisotopic (exact) mass is 285 g/mol. The summed E-state index contributed by atoms with van der Waals surface area (Å²) in [6.07, 6.45) is 0.657. The number of methoxy groups -OCH3 is 1. The summed E-state index contributed by atoms with van der Waals surface area (Å²) >= 11 is 0. The van der Waals surface area contributed by atoms with Crippen LogP contribution < -0.4 is 10.5 Å². The van der Waals surface area contributed by atoms with Gasteiger partial charge in [-0.05, 0) is 42.3 Å². The van der Waals surface area contributed by atoms with E-state index in [1.165, 1.54) is 0 Å². The predicted molar refractivity (Wildman–Crippen MR) is 81.3 cm³/mol. The normalized spacial score (nSPS) is 10.2. The maximum atomic E-state index is 12.2. The van der Waals surface area contributed by atoms with Gasteiger partial charge >= 0.3 is 5.97 Å². The second-order valence-electron chi connectivity index (χ2n) is 4.62. The molecule has 0 bridgehead atoms. The topological polar surface area (TPSA) is 61.5 Å². The fourth-order valence-corrected chi connectivity index (χ4v) is 2.08. The highest BCUT2D eigenvalue weighted by molar-refractivity contribution is 5.91. The maximum Gasteiger partial charge on any atom is 0.338 e. The van der Waals surface area contributed by atoms with Crippen LogP contribution >= 0.6 is 0 Å². The van der Waals surface area contributed by atoms with Crippen molar-refractivity contribution in [3.05, 3.63) is 65.2 Å². The highest BCUT2D eigenvalue weighted by Gasteiger charge is 2.12. The molecule has 4 nitrogen and oxygen atoms in total. The van der Waals surface area contributed by atoms with Gasteiger partial charge in [-0.2, -0.15) is 0 Å². The minimum Gasteiger partial charge on any atom is -0.497 e. The first-order valence-corrected chi connectivity index (χ1v) is 6.82. The molecule has 4 heteroatoms. The van der Waals surface area contributed by atoms with Crippen LogP contribution in [0.1, 0.15) is 21.5 Å². The number of esters is 1. The Morgan fingerprint density at radius 2 is 1.95 bits per heavy atom. The number of carbonyl (C=O) groups is 1. The minimum atomic E-state index is -0.332. The molecule has 0 spiro atoms. The van der Waals surface area contributed by atoms with E-state index >= 15 is 0 Å². The summed E-state index contributed by atoms with van der Waals surface area (Å²) < 4.78 is 10.5. The van der Waals surface area contributed by atoms with Crippen LogP contribution in [0.15, 0.2) is 48.5 Å². The summed E-state index contributed by atoms with van der Waals surface area (Å²) in [5.74, 6) is 0.411. The summed E-state index contributed by atoms with van der Waals surface area (Å²) in [6, 6.07) is 14.8. The van der Waals surface area contributed by atoms with Crippen molar-refractivity contribution in [2.24, 2.45) is 5.73 Å². The van der Waals surface area contributed by atoms with Crippen molar-refractivity contribution >= 4 is 5.97 Å². The average molecular weight is 285 g/mol. The summed E-state index contributed by atoms with van der Waals surface area (Å²) in [5.41, 5.74) is 7.94. The molecule has 0 saturated heterocycles. The first-order chi connectivity index (χ1) is 10.2. The fourth-order valence-electron chi connectivity index (χ4n) is 2.08. The van der Waals surface area contributed by atoms with Crippen molar-refractivity contribution in [3.63, 3.8) is 0 Å². The first-order valence-electron chi connectivity index (χ1n) is 6.82. The van der Waals surface area contributed by atoms with Gasteiger partial charge in [0.2, 0.25) is 0 Å². The lowest BCUT2D eigenvalue weighted by molar-refractivity contribution is 0.0471. The van der Waals surface area contributed by atoms with Gasteiger partial charge in [-0.3, -0.25) is 0 Å².